The molecule has 2 rings (SSSR count). The maximum absolute atomic E-state index is 13.9. The van der Waals surface area contributed by atoms with Crippen LogP contribution in [0.1, 0.15) is 32.8 Å². The standard InChI is InChI=1S/C14H16F2O3/c1-4-14(12(17)18-5-2)13(3,19-14)9-7-6-8-10(15)11(9)16/h6-8H,4-5H2,1-3H3. The van der Waals surface area contributed by atoms with Crippen LogP contribution in [0, 0.1) is 11.6 Å². The summed E-state index contributed by atoms with van der Waals surface area (Å²) < 4.78 is 37.6. The molecular formula is C14H16F2O3. The van der Waals surface area contributed by atoms with Gasteiger partial charge >= 0.3 is 5.97 Å². The summed E-state index contributed by atoms with van der Waals surface area (Å²) in [4.78, 5) is 12.0. The van der Waals surface area contributed by atoms with Crippen LogP contribution in [-0.4, -0.2) is 18.2 Å². The Labute approximate surface area is 110 Å². The summed E-state index contributed by atoms with van der Waals surface area (Å²) in [6, 6.07) is 3.85. The maximum atomic E-state index is 13.9. The number of hydrogen-bond donors (Lipinski definition) is 0. The summed E-state index contributed by atoms with van der Waals surface area (Å²) in [5, 5.41) is 0. The Morgan fingerprint density at radius 3 is 2.63 bits per heavy atom. The van der Waals surface area contributed by atoms with E-state index in [1.807, 2.05) is 0 Å². The van der Waals surface area contributed by atoms with E-state index in [2.05, 4.69) is 0 Å². The number of esters is 1. The molecule has 0 amide bonds. The van der Waals surface area contributed by atoms with E-state index >= 15 is 0 Å². The highest BCUT2D eigenvalue weighted by Crippen LogP contribution is 2.58. The van der Waals surface area contributed by atoms with Crippen molar-refractivity contribution in [1.82, 2.24) is 0 Å². The van der Waals surface area contributed by atoms with Gasteiger partial charge in [-0.3, -0.25) is 0 Å². The van der Waals surface area contributed by atoms with Crippen molar-refractivity contribution in [1.29, 1.82) is 0 Å². The Hall–Kier alpha value is -1.49. The molecule has 1 saturated heterocycles. The molecule has 0 aliphatic carbocycles. The molecular weight excluding hydrogens is 254 g/mol. The second-order valence-corrected chi connectivity index (χ2v) is 4.64. The monoisotopic (exact) mass is 270 g/mol. The van der Waals surface area contributed by atoms with Gasteiger partial charge in [-0.25, -0.2) is 13.6 Å². The number of epoxide rings is 1. The SMILES string of the molecule is CCOC(=O)C1(CC)OC1(C)c1cccc(F)c1F. The van der Waals surface area contributed by atoms with Crippen molar-refractivity contribution in [2.24, 2.45) is 0 Å². The predicted molar refractivity (Wildman–Crippen MR) is 64.5 cm³/mol. The van der Waals surface area contributed by atoms with Gasteiger partial charge in [-0.1, -0.05) is 19.1 Å². The lowest BCUT2D eigenvalue weighted by molar-refractivity contribution is -0.149. The summed E-state index contributed by atoms with van der Waals surface area (Å²) in [6.45, 7) is 5.22. The fraction of sp³-hybridized carbons (Fsp3) is 0.500. The molecule has 0 spiro atoms. The zero-order valence-corrected chi connectivity index (χ0v) is 11.1. The minimum absolute atomic E-state index is 0.0439. The molecule has 0 bridgehead atoms. The van der Waals surface area contributed by atoms with Crippen molar-refractivity contribution in [2.45, 2.75) is 38.4 Å². The van der Waals surface area contributed by atoms with E-state index in [0.29, 0.717) is 6.42 Å². The van der Waals surface area contributed by atoms with Gasteiger partial charge in [0.2, 0.25) is 0 Å². The lowest BCUT2D eigenvalue weighted by Crippen LogP contribution is -2.33. The summed E-state index contributed by atoms with van der Waals surface area (Å²) >= 11 is 0. The smallest absolute Gasteiger partial charge is 0.341 e. The molecule has 3 nitrogen and oxygen atoms in total. The first-order valence-corrected chi connectivity index (χ1v) is 6.24. The lowest BCUT2D eigenvalue weighted by Gasteiger charge is -2.15. The Morgan fingerprint density at radius 1 is 1.37 bits per heavy atom. The Morgan fingerprint density at radius 2 is 2.05 bits per heavy atom. The van der Waals surface area contributed by atoms with E-state index in [-0.39, 0.29) is 12.2 Å². The first-order valence-electron chi connectivity index (χ1n) is 6.24. The van der Waals surface area contributed by atoms with Gasteiger partial charge in [-0.2, -0.15) is 0 Å². The minimum Gasteiger partial charge on any atom is -0.464 e. The Kier molecular flexibility index (Phi) is 3.34. The normalized spacial score (nSPS) is 29.1. The molecule has 0 saturated carbocycles. The molecule has 1 aromatic rings. The summed E-state index contributed by atoms with van der Waals surface area (Å²) in [7, 11) is 0. The molecule has 2 unspecified atom stereocenters. The molecule has 1 aromatic carbocycles. The van der Waals surface area contributed by atoms with Crippen LogP contribution in [0.25, 0.3) is 0 Å². The zero-order chi connectivity index (χ0) is 14.3. The molecule has 0 radical (unpaired) electrons. The van der Waals surface area contributed by atoms with Crippen LogP contribution >= 0.6 is 0 Å². The van der Waals surface area contributed by atoms with Gasteiger partial charge in [0.1, 0.15) is 5.60 Å². The minimum atomic E-state index is -1.22. The summed E-state index contributed by atoms with van der Waals surface area (Å²) in [6.07, 6.45) is 0.332. The van der Waals surface area contributed by atoms with Gasteiger partial charge in [-0.05, 0) is 26.3 Å². The van der Waals surface area contributed by atoms with Gasteiger partial charge in [-0.15, -0.1) is 0 Å². The fourth-order valence-corrected chi connectivity index (χ4v) is 2.51. The molecule has 5 heteroatoms. The Bertz CT molecular complexity index is 517. The third-order valence-electron chi connectivity index (χ3n) is 3.68. The average Bonchev–Trinajstić information content (AvgIpc) is 3.01. The van der Waals surface area contributed by atoms with Gasteiger partial charge in [0.15, 0.2) is 17.2 Å². The van der Waals surface area contributed by atoms with Crippen molar-refractivity contribution < 1.29 is 23.0 Å². The van der Waals surface area contributed by atoms with Crippen LogP contribution in [-0.2, 0) is 19.9 Å². The van der Waals surface area contributed by atoms with E-state index in [9.17, 15) is 13.6 Å². The molecule has 1 heterocycles. The number of carbonyl (C=O) groups is 1. The lowest BCUT2D eigenvalue weighted by atomic mass is 9.85. The van der Waals surface area contributed by atoms with Gasteiger partial charge < -0.3 is 9.47 Å². The molecule has 1 fully saturated rings. The number of carbonyl (C=O) groups excluding carboxylic acids is 1. The Balaban J connectivity index is 2.41. The molecule has 1 aliphatic heterocycles. The topological polar surface area (TPSA) is 38.8 Å². The van der Waals surface area contributed by atoms with Crippen molar-refractivity contribution in [3.63, 3.8) is 0 Å². The average molecular weight is 270 g/mol. The first kappa shape index (κ1) is 13.9. The second-order valence-electron chi connectivity index (χ2n) is 4.64. The zero-order valence-electron chi connectivity index (χ0n) is 11.1. The highest BCUT2D eigenvalue weighted by Gasteiger charge is 2.73. The van der Waals surface area contributed by atoms with Crippen LogP contribution in [0.4, 0.5) is 8.78 Å². The molecule has 104 valence electrons. The van der Waals surface area contributed by atoms with E-state index < -0.39 is 28.8 Å². The number of hydrogen-bond acceptors (Lipinski definition) is 3. The first-order chi connectivity index (χ1) is 8.93. The highest BCUT2D eigenvalue weighted by atomic mass is 19.2. The van der Waals surface area contributed by atoms with Gasteiger partial charge in [0.05, 0.1) is 6.61 Å². The van der Waals surface area contributed by atoms with Crippen LogP contribution in [0.15, 0.2) is 18.2 Å². The molecule has 2 atom stereocenters. The van der Waals surface area contributed by atoms with Crippen LogP contribution in [0.2, 0.25) is 0 Å². The fourth-order valence-electron chi connectivity index (χ4n) is 2.51. The number of halogens is 2. The van der Waals surface area contributed by atoms with Crippen molar-refractivity contribution in [2.75, 3.05) is 6.61 Å². The summed E-state index contributed by atoms with van der Waals surface area (Å²) in [5.74, 6) is -2.48. The van der Waals surface area contributed by atoms with E-state index in [0.717, 1.165) is 6.07 Å². The molecule has 19 heavy (non-hydrogen) atoms. The quantitative estimate of drug-likeness (QED) is 0.623. The largest absolute Gasteiger partial charge is 0.464 e. The van der Waals surface area contributed by atoms with Crippen LogP contribution in [0.3, 0.4) is 0 Å². The predicted octanol–water partition coefficient (Wildman–Crippen LogP) is 2.92. The third kappa shape index (κ3) is 1.84. The van der Waals surface area contributed by atoms with Crippen LogP contribution < -0.4 is 0 Å². The van der Waals surface area contributed by atoms with E-state index in [4.69, 9.17) is 9.47 Å². The molecule has 0 aromatic heterocycles. The van der Waals surface area contributed by atoms with Gasteiger partial charge in [0.25, 0.3) is 0 Å². The molecule has 1 aliphatic rings. The number of benzene rings is 1. The molecule has 0 N–H and O–H groups in total. The third-order valence-corrected chi connectivity index (χ3v) is 3.68. The second kappa shape index (κ2) is 4.56. The maximum Gasteiger partial charge on any atom is 0.341 e. The van der Waals surface area contributed by atoms with E-state index in [1.54, 1.807) is 20.8 Å². The van der Waals surface area contributed by atoms with Crippen LogP contribution in [0.5, 0.6) is 0 Å². The van der Waals surface area contributed by atoms with Gasteiger partial charge in [0, 0.05) is 5.56 Å². The highest BCUT2D eigenvalue weighted by molar-refractivity contribution is 5.85. The van der Waals surface area contributed by atoms with Crippen molar-refractivity contribution in [3.8, 4) is 0 Å². The number of rotatable bonds is 4. The number of ether oxygens (including phenoxy) is 2. The van der Waals surface area contributed by atoms with Crippen molar-refractivity contribution >= 4 is 5.97 Å². The van der Waals surface area contributed by atoms with Crippen molar-refractivity contribution in [3.05, 3.63) is 35.4 Å². The summed E-state index contributed by atoms with van der Waals surface area (Å²) in [5.41, 5.74) is -2.36. The van der Waals surface area contributed by atoms with E-state index in [1.165, 1.54) is 12.1 Å².